The molecule has 0 aliphatic heterocycles. The van der Waals surface area contributed by atoms with Crippen LogP contribution in [0.1, 0.15) is 24.2 Å². The van der Waals surface area contributed by atoms with E-state index in [9.17, 15) is 4.79 Å². The number of hydrogen-bond donors (Lipinski definition) is 0. The Morgan fingerprint density at radius 2 is 1.63 bits per heavy atom. The Morgan fingerprint density at radius 1 is 1.11 bits per heavy atom. The normalized spacial score (nSPS) is 12.8. The molecule has 1 rings (SSSR count). The Hall–Kier alpha value is -1.39. The van der Waals surface area contributed by atoms with Crippen LogP contribution >= 0.6 is 0 Å². The van der Waals surface area contributed by atoms with Crippen molar-refractivity contribution in [1.82, 2.24) is 4.90 Å². The van der Waals surface area contributed by atoms with Gasteiger partial charge in [-0.2, -0.15) is 0 Å². The third kappa shape index (κ3) is 3.78. The number of benzene rings is 1. The summed E-state index contributed by atoms with van der Waals surface area (Å²) in [7, 11) is 4.96. The van der Waals surface area contributed by atoms with E-state index in [0.29, 0.717) is 5.56 Å². The second kappa shape index (κ2) is 7.26. The second-order valence-corrected chi connectivity index (χ2v) is 4.86. The lowest BCUT2D eigenvalue weighted by atomic mass is 10.0. The van der Waals surface area contributed by atoms with E-state index in [1.54, 1.807) is 26.2 Å². The summed E-state index contributed by atoms with van der Waals surface area (Å²) in [5.74, 6) is 0.195. The fourth-order valence-corrected chi connectivity index (χ4v) is 2.24. The molecule has 0 aliphatic carbocycles. The van der Waals surface area contributed by atoms with Crippen molar-refractivity contribution < 1.29 is 14.3 Å². The molecule has 19 heavy (non-hydrogen) atoms. The van der Waals surface area contributed by atoms with Crippen molar-refractivity contribution in [3.63, 3.8) is 0 Å². The first kappa shape index (κ1) is 15.7. The zero-order valence-corrected chi connectivity index (χ0v) is 12.3. The summed E-state index contributed by atoms with van der Waals surface area (Å²) in [6.45, 7) is 4.09. The molecule has 0 aliphatic rings. The van der Waals surface area contributed by atoms with Crippen LogP contribution in [0, 0.1) is 5.92 Å². The highest BCUT2D eigenvalue weighted by molar-refractivity contribution is 5.94. The van der Waals surface area contributed by atoms with Gasteiger partial charge in [-0.15, -0.1) is 0 Å². The van der Waals surface area contributed by atoms with Crippen molar-refractivity contribution >= 4 is 5.91 Å². The van der Waals surface area contributed by atoms with Crippen LogP contribution < -0.4 is 0 Å². The van der Waals surface area contributed by atoms with E-state index in [1.807, 2.05) is 44.2 Å². The molecule has 0 saturated carbocycles. The van der Waals surface area contributed by atoms with Gasteiger partial charge in [0.2, 0.25) is 0 Å². The molecule has 1 amide bonds. The molecular weight excluding hydrogens is 242 g/mol. The predicted octanol–water partition coefficient (Wildman–Crippen LogP) is 2.40. The van der Waals surface area contributed by atoms with Crippen molar-refractivity contribution in [2.45, 2.75) is 26.2 Å². The summed E-state index contributed by atoms with van der Waals surface area (Å²) >= 11 is 0. The summed E-state index contributed by atoms with van der Waals surface area (Å²) in [5.41, 5.74) is 0.668. The number of carbonyl (C=O) groups excluding carboxylic acids is 1. The maximum atomic E-state index is 12.4. The highest BCUT2D eigenvalue weighted by atomic mass is 16.7. The zero-order valence-electron chi connectivity index (χ0n) is 12.3. The standard InChI is InChI=1S/C15H23NO3/c1-11(2)13(15(18-4)19-5)16(3)14(17)12-9-7-6-8-10-12/h6-11,13,15H,1-5H3/t13-/m0/s1. The van der Waals surface area contributed by atoms with Gasteiger partial charge in [-0.05, 0) is 18.1 Å². The molecule has 0 saturated heterocycles. The first-order valence-electron chi connectivity index (χ1n) is 6.40. The molecule has 0 heterocycles. The minimum Gasteiger partial charge on any atom is -0.354 e. The first-order valence-corrected chi connectivity index (χ1v) is 6.40. The smallest absolute Gasteiger partial charge is 0.254 e. The molecule has 1 aromatic rings. The first-order chi connectivity index (χ1) is 9.02. The Bertz CT molecular complexity index is 388. The molecule has 4 nitrogen and oxygen atoms in total. The lowest BCUT2D eigenvalue weighted by Gasteiger charge is -2.35. The number of likely N-dealkylation sites (N-methyl/N-ethyl adjacent to an activating group) is 1. The molecule has 0 N–H and O–H groups in total. The zero-order chi connectivity index (χ0) is 14.4. The lowest BCUT2D eigenvalue weighted by Crippen LogP contribution is -2.49. The van der Waals surface area contributed by atoms with Crippen LogP contribution in [0.15, 0.2) is 30.3 Å². The van der Waals surface area contributed by atoms with Crippen molar-refractivity contribution in [3.05, 3.63) is 35.9 Å². The van der Waals surface area contributed by atoms with Crippen LogP contribution in [0.5, 0.6) is 0 Å². The van der Waals surface area contributed by atoms with Crippen LogP contribution in [0.2, 0.25) is 0 Å². The van der Waals surface area contributed by atoms with Crippen molar-refractivity contribution in [1.29, 1.82) is 0 Å². The molecule has 106 valence electrons. The summed E-state index contributed by atoms with van der Waals surface area (Å²) in [4.78, 5) is 14.1. The summed E-state index contributed by atoms with van der Waals surface area (Å²) in [6.07, 6.45) is -0.433. The molecule has 0 unspecified atom stereocenters. The molecule has 0 radical (unpaired) electrons. The minimum absolute atomic E-state index is 0.0293. The highest BCUT2D eigenvalue weighted by Crippen LogP contribution is 2.18. The SMILES string of the molecule is COC(OC)[C@H](C(C)C)N(C)C(=O)c1ccccc1. The van der Waals surface area contributed by atoms with Crippen molar-refractivity contribution in [2.75, 3.05) is 21.3 Å². The van der Waals surface area contributed by atoms with Crippen molar-refractivity contribution in [2.24, 2.45) is 5.92 Å². The fraction of sp³-hybridized carbons (Fsp3) is 0.533. The average Bonchev–Trinajstić information content (AvgIpc) is 2.43. The van der Waals surface area contributed by atoms with Gasteiger partial charge < -0.3 is 14.4 Å². The second-order valence-electron chi connectivity index (χ2n) is 4.86. The van der Waals surface area contributed by atoms with Crippen LogP contribution in [0.4, 0.5) is 0 Å². The van der Waals surface area contributed by atoms with E-state index in [2.05, 4.69) is 0 Å². The average molecular weight is 265 g/mol. The summed E-state index contributed by atoms with van der Waals surface area (Å²) in [6, 6.07) is 9.09. The maximum absolute atomic E-state index is 12.4. The Balaban J connectivity index is 2.94. The molecule has 0 fully saturated rings. The number of hydrogen-bond acceptors (Lipinski definition) is 3. The fourth-order valence-electron chi connectivity index (χ4n) is 2.24. The van der Waals surface area contributed by atoms with Gasteiger partial charge >= 0.3 is 0 Å². The molecule has 1 aromatic carbocycles. The van der Waals surface area contributed by atoms with Gasteiger partial charge in [0, 0.05) is 26.8 Å². The highest BCUT2D eigenvalue weighted by Gasteiger charge is 2.31. The van der Waals surface area contributed by atoms with Gasteiger partial charge in [0.25, 0.3) is 5.91 Å². The van der Waals surface area contributed by atoms with Crippen LogP contribution in [-0.4, -0.2) is 44.4 Å². The van der Waals surface area contributed by atoms with Crippen LogP contribution in [-0.2, 0) is 9.47 Å². The molecule has 1 atom stereocenters. The van der Waals surface area contributed by atoms with Gasteiger partial charge in [0.1, 0.15) is 0 Å². The Kier molecular flexibility index (Phi) is 5.99. The van der Waals surface area contributed by atoms with E-state index in [4.69, 9.17) is 9.47 Å². The molecular formula is C15H23NO3. The molecule has 0 aromatic heterocycles. The van der Waals surface area contributed by atoms with E-state index >= 15 is 0 Å². The largest absolute Gasteiger partial charge is 0.354 e. The lowest BCUT2D eigenvalue weighted by molar-refractivity contribution is -0.147. The number of carbonyl (C=O) groups is 1. The van der Waals surface area contributed by atoms with Crippen LogP contribution in [0.25, 0.3) is 0 Å². The van der Waals surface area contributed by atoms with Crippen molar-refractivity contribution in [3.8, 4) is 0 Å². The Morgan fingerprint density at radius 3 is 2.05 bits per heavy atom. The summed E-state index contributed by atoms with van der Waals surface area (Å²) < 4.78 is 10.6. The molecule has 0 bridgehead atoms. The van der Waals surface area contributed by atoms with Crippen LogP contribution in [0.3, 0.4) is 0 Å². The minimum atomic E-state index is -0.433. The summed E-state index contributed by atoms with van der Waals surface area (Å²) in [5, 5.41) is 0. The quantitative estimate of drug-likeness (QED) is 0.741. The number of methoxy groups -OCH3 is 2. The topological polar surface area (TPSA) is 38.8 Å². The number of nitrogens with zero attached hydrogens (tertiary/aromatic N) is 1. The van der Waals surface area contributed by atoms with Gasteiger partial charge in [-0.25, -0.2) is 0 Å². The molecule has 0 spiro atoms. The maximum Gasteiger partial charge on any atom is 0.254 e. The number of rotatable bonds is 6. The predicted molar refractivity (Wildman–Crippen MR) is 75.0 cm³/mol. The Labute approximate surface area is 115 Å². The number of ether oxygens (including phenoxy) is 2. The monoisotopic (exact) mass is 265 g/mol. The van der Waals surface area contributed by atoms with Gasteiger partial charge in [0.15, 0.2) is 6.29 Å². The third-order valence-electron chi connectivity index (χ3n) is 3.21. The van der Waals surface area contributed by atoms with Gasteiger partial charge in [0.05, 0.1) is 6.04 Å². The van der Waals surface area contributed by atoms with E-state index in [-0.39, 0.29) is 17.9 Å². The van der Waals surface area contributed by atoms with E-state index in [1.165, 1.54) is 0 Å². The van der Waals surface area contributed by atoms with E-state index in [0.717, 1.165) is 0 Å². The molecule has 4 heteroatoms. The number of amides is 1. The van der Waals surface area contributed by atoms with Gasteiger partial charge in [-0.3, -0.25) is 4.79 Å². The van der Waals surface area contributed by atoms with Gasteiger partial charge in [-0.1, -0.05) is 32.0 Å². The van der Waals surface area contributed by atoms with E-state index < -0.39 is 6.29 Å². The third-order valence-corrected chi connectivity index (χ3v) is 3.21.